The Labute approximate surface area is 79.0 Å². The van der Waals surface area contributed by atoms with Gasteiger partial charge in [-0.3, -0.25) is 4.39 Å². The Bertz CT molecular complexity index is 208. The van der Waals surface area contributed by atoms with Crippen molar-refractivity contribution in [1.29, 1.82) is 0 Å². The van der Waals surface area contributed by atoms with Crippen LogP contribution in [0.4, 0.5) is 4.39 Å². The highest BCUT2D eigenvalue weighted by Crippen LogP contribution is 2.26. The van der Waals surface area contributed by atoms with Crippen molar-refractivity contribution in [1.82, 2.24) is 0 Å². The number of hydrogen-bond acceptors (Lipinski definition) is 1. The fraction of sp³-hybridized carbons (Fsp3) is 0.636. The third kappa shape index (κ3) is 2.96. The van der Waals surface area contributed by atoms with Gasteiger partial charge in [-0.2, -0.15) is 0 Å². The van der Waals surface area contributed by atoms with Crippen LogP contribution in [0.5, 0.6) is 0 Å². The molecule has 1 aliphatic rings. The summed E-state index contributed by atoms with van der Waals surface area (Å²) in [4.78, 5) is 0. The first-order valence-corrected chi connectivity index (χ1v) is 4.80. The molecule has 0 aromatic heterocycles. The molecule has 0 bridgehead atoms. The maximum atomic E-state index is 12.7. The molecule has 1 rings (SSSR count). The number of rotatable bonds is 5. The summed E-state index contributed by atoms with van der Waals surface area (Å²) in [7, 11) is 0. The van der Waals surface area contributed by atoms with Crippen LogP contribution in [-0.4, -0.2) is 18.4 Å². The van der Waals surface area contributed by atoms with E-state index in [1.165, 1.54) is 5.57 Å². The molecule has 0 amide bonds. The summed E-state index contributed by atoms with van der Waals surface area (Å²) in [6, 6.07) is 0. The molecule has 74 valence electrons. The Morgan fingerprint density at radius 1 is 1.62 bits per heavy atom. The number of halogens is 1. The first-order valence-electron chi connectivity index (χ1n) is 4.80. The van der Waals surface area contributed by atoms with Crippen molar-refractivity contribution in [3.8, 4) is 0 Å². The van der Waals surface area contributed by atoms with Gasteiger partial charge >= 0.3 is 0 Å². The lowest BCUT2D eigenvalue weighted by Crippen LogP contribution is -2.13. The van der Waals surface area contributed by atoms with Gasteiger partial charge in [-0.05, 0) is 18.8 Å². The van der Waals surface area contributed by atoms with Crippen LogP contribution in [0, 0.1) is 11.8 Å². The average Bonchev–Trinajstić information content (AvgIpc) is 2.66. The number of alkyl halides is 1. The zero-order valence-electron chi connectivity index (χ0n) is 8.04. The summed E-state index contributed by atoms with van der Waals surface area (Å²) in [5.74, 6) is 0.208. The smallest absolute Gasteiger partial charge is 0.0960 e. The van der Waals surface area contributed by atoms with Gasteiger partial charge in [0.25, 0.3) is 0 Å². The third-order valence-corrected chi connectivity index (χ3v) is 2.51. The number of allylic oxidation sites excluding steroid dienone is 4. The third-order valence-electron chi connectivity index (χ3n) is 2.51. The van der Waals surface area contributed by atoms with Crippen LogP contribution in [0.25, 0.3) is 0 Å². The van der Waals surface area contributed by atoms with Crippen LogP contribution in [0.2, 0.25) is 0 Å². The summed E-state index contributed by atoms with van der Waals surface area (Å²) in [5, 5.41) is 8.86. The van der Waals surface area contributed by atoms with E-state index in [0.717, 1.165) is 12.8 Å². The zero-order chi connectivity index (χ0) is 9.68. The van der Waals surface area contributed by atoms with Gasteiger partial charge in [-0.15, -0.1) is 0 Å². The quantitative estimate of drug-likeness (QED) is 0.696. The second-order valence-corrected chi connectivity index (χ2v) is 3.75. The van der Waals surface area contributed by atoms with Crippen molar-refractivity contribution in [2.45, 2.75) is 19.8 Å². The SMILES string of the molecule is C[C@H](CO)CC(CF)C1=CC=CC1. The molecule has 0 aromatic carbocycles. The standard InChI is InChI=1S/C11H17FO/c1-9(8-13)6-11(7-12)10-4-2-3-5-10/h2-4,9,11,13H,5-8H2,1H3/t9-,11?/m0/s1. The fourth-order valence-corrected chi connectivity index (χ4v) is 1.64. The van der Waals surface area contributed by atoms with Crippen LogP contribution in [0.15, 0.2) is 23.8 Å². The van der Waals surface area contributed by atoms with E-state index in [1.807, 2.05) is 25.2 Å². The topological polar surface area (TPSA) is 20.2 Å². The first-order chi connectivity index (χ1) is 6.27. The highest BCUT2D eigenvalue weighted by atomic mass is 19.1. The molecule has 2 heteroatoms. The second-order valence-electron chi connectivity index (χ2n) is 3.75. The van der Waals surface area contributed by atoms with E-state index in [9.17, 15) is 4.39 Å². The average molecular weight is 184 g/mol. The van der Waals surface area contributed by atoms with Gasteiger partial charge in [0.15, 0.2) is 0 Å². The van der Waals surface area contributed by atoms with Gasteiger partial charge in [0.2, 0.25) is 0 Å². The Kier molecular flexibility index (Phi) is 4.16. The van der Waals surface area contributed by atoms with Crippen LogP contribution >= 0.6 is 0 Å². The van der Waals surface area contributed by atoms with Gasteiger partial charge < -0.3 is 5.11 Å². The fourth-order valence-electron chi connectivity index (χ4n) is 1.64. The van der Waals surface area contributed by atoms with Gasteiger partial charge in [0.1, 0.15) is 0 Å². The Morgan fingerprint density at radius 2 is 2.38 bits per heavy atom. The van der Waals surface area contributed by atoms with Crippen LogP contribution in [0.1, 0.15) is 19.8 Å². The molecule has 1 aliphatic carbocycles. The highest BCUT2D eigenvalue weighted by Gasteiger charge is 2.17. The molecule has 0 fully saturated rings. The largest absolute Gasteiger partial charge is 0.396 e. The van der Waals surface area contributed by atoms with Crippen molar-refractivity contribution in [2.75, 3.05) is 13.3 Å². The summed E-state index contributed by atoms with van der Waals surface area (Å²) in [6.45, 7) is 1.79. The van der Waals surface area contributed by atoms with E-state index in [4.69, 9.17) is 5.11 Å². The molecule has 1 N–H and O–H groups in total. The molecule has 0 heterocycles. The minimum absolute atomic E-state index is 0.0112. The number of aliphatic hydroxyl groups is 1. The maximum Gasteiger partial charge on any atom is 0.0960 e. The maximum absolute atomic E-state index is 12.7. The van der Waals surface area contributed by atoms with E-state index in [0.29, 0.717) is 0 Å². The lowest BCUT2D eigenvalue weighted by molar-refractivity contribution is 0.209. The summed E-state index contributed by atoms with van der Waals surface area (Å²) in [6.07, 6.45) is 7.64. The molecule has 1 unspecified atom stereocenters. The van der Waals surface area contributed by atoms with Gasteiger partial charge in [0.05, 0.1) is 6.67 Å². The summed E-state index contributed by atoms with van der Waals surface area (Å²) < 4.78 is 12.7. The van der Waals surface area contributed by atoms with E-state index in [1.54, 1.807) is 0 Å². The minimum Gasteiger partial charge on any atom is -0.396 e. The van der Waals surface area contributed by atoms with Gasteiger partial charge in [0, 0.05) is 12.5 Å². The van der Waals surface area contributed by atoms with Crippen molar-refractivity contribution in [3.63, 3.8) is 0 Å². The highest BCUT2D eigenvalue weighted by molar-refractivity contribution is 5.25. The molecular formula is C11H17FO. The van der Waals surface area contributed by atoms with E-state index < -0.39 is 0 Å². The van der Waals surface area contributed by atoms with Crippen LogP contribution in [0.3, 0.4) is 0 Å². The molecule has 0 aliphatic heterocycles. The molecule has 1 nitrogen and oxygen atoms in total. The predicted octanol–water partition coefficient (Wildman–Crippen LogP) is 2.48. The monoisotopic (exact) mass is 184 g/mol. The molecule has 0 saturated heterocycles. The molecule has 13 heavy (non-hydrogen) atoms. The molecule has 2 atom stereocenters. The number of aliphatic hydroxyl groups excluding tert-OH is 1. The second kappa shape index (κ2) is 5.18. The van der Waals surface area contributed by atoms with E-state index >= 15 is 0 Å². The first kappa shape index (κ1) is 10.5. The lowest BCUT2D eigenvalue weighted by atomic mass is 9.90. The predicted molar refractivity (Wildman–Crippen MR) is 52.2 cm³/mol. The normalized spacial score (nSPS) is 20.1. The molecule has 0 aromatic rings. The minimum atomic E-state index is -0.308. The van der Waals surface area contributed by atoms with Gasteiger partial charge in [-0.1, -0.05) is 30.7 Å². The molecule has 0 radical (unpaired) electrons. The Hall–Kier alpha value is -0.630. The van der Waals surface area contributed by atoms with Crippen molar-refractivity contribution in [3.05, 3.63) is 23.8 Å². The van der Waals surface area contributed by atoms with Gasteiger partial charge in [-0.25, -0.2) is 0 Å². The zero-order valence-corrected chi connectivity index (χ0v) is 8.04. The summed E-state index contributed by atoms with van der Waals surface area (Å²) in [5.41, 5.74) is 1.17. The van der Waals surface area contributed by atoms with Crippen molar-refractivity contribution >= 4 is 0 Å². The van der Waals surface area contributed by atoms with E-state index in [-0.39, 0.29) is 25.1 Å². The van der Waals surface area contributed by atoms with Crippen LogP contribution in [-0.2, 0) is 0 Å². The van der Waals surface area contributed by atoms with Crippen LogP contribution < -0.4 is 0 Å². The molecular weight excluding hydrogens is 167 g/mol. The number of hydrogen-bond donors (Lipinski definition) is 1. The molecule has 0 spiro atoms. The van der Waals surface area contributed by atoms with E-state index in [2.05, 4.69) is 0 Å². The Balaban J connectivity index is 2.43. The molecule has 0 saturated carbocycles. The van der Waals surface area contributed by atoms with Crippen molar-refractivity contribution < 1.29 is 9.50 Å². The lowest BCUT2D eigenvalue weighted by Gasteiger charge is -2.17. The Morgan fingerprint density at radius 3 is 2.85 bits per heavy atom. The summed E-state index contributed by atoms with van der Waals surface area (Å²) >= 11 is 0. The van der Waals surface area contributed by atoms with Crippen molar-refractivity contribution in [2.24, 2.45) is 11.8 Å².